The van der Waals surface area contributed by atoms with Gasteiger partial charge in [-0.1, -0.05) is 119 Å². The van der Waals surface area contributed by atoms with Crippen LogP contribution in [-0.4, -0.2) is 14.9 Å². The molecule has 0 unspecified atom stereocenters. The Hall–Kier alpha value is -5.41. The van der Waals surface area contributed by atoms with E-state index in [1.54, 1.807) is 0 Å². The first kappa shape index (κ1) is 36.2. The van der Waals surface area contributed by atoms with E-state index in [0.29, 0.717) is 0 Å². The van der Waals surface area contributed by atoms with Crippen molar-refractivity contribution in [3.05, 3.63) is 143 Å². The Morgan fingerprint density at radius 3 is 0.839 bits per heavy atom. The van der Waals surface area contributed by atoms with Gasteiger partial charge >= 0.3 is 0 Å². The molecule has 3 heteroatoms. The zero-order valence-electron chi connectivity index (χ0n) is 35.2. The molecule has 0 fully saturated rings. The molecule has 2 aromatic heterocycles. The largest absolute Gasteiger partial charge is 0.309 e. The minimum atomic E-state index is 0.0266. The lowest BCUT2D eigenvalue weighted by atomic mass is 9.85. The van der Waals surface area contributed by atoms with Crippen molar-refractivity contribution in [3.8, 4) is 22.5 Å². The lowest BCUT2D eigenvalue weighted by molar-refractivity contribution is 0.104. The van der Waals surface area contributed by atoms with Crippen molar-refractivity contribution in [2.45, 2.75) is 105 Å². The quantitative estimate of drug-likeness (QED) is 0.174. The van der Waals surface area contributed by atoms with Gasteiger partial charge in [0.15, 0.2) is 5.78 Å². The van der Waals surface area contributed by atoms with Gasteiger partial charge in [-0.15, -0.1) is 0 Å². The van der Waals surface area contributed by atoms with Crippen LogP contribution < -0.4 is 0 Å². The van der Waals surface area contributed by atoms with E-state index in [0.717, 1.165) is 55.7 Å². The summed E-state index contributed by atoms with van der Waals surface area (Å²) < 4.78 is 4.70. The zero-order chi connectivity index (χ0) is 39.9. The number of carbonyl (C=O) groups is 1. The van der Waals surface area contributed by atoms with Crippen molar-refractivity contribution in [3.63, 3.8) is 0 Å². The number of benzene rings is 6. The van der Waals surface area contributed by atoms with Crippen molar-refractivity contribution in [1.82, 2.24) is 9.13 Å². The molecule has 3 nitrogen and oxygen atoms in total. The third-order valence-electron chi connectivity index (χ3n) is 12.3. The van der Waals surface area contributed by atoms with E-state index < -0.39 is 0 Å². The smallest absolute Gasteiger partial charge is 0.194 e. The summed E-state index contributed by atoms with van der Waals surface area (Å²) in [6.07, 6.45) is 0. The van der Waals surface area contributed by atoms with Crippen molar-refractivity contribution in [1.29, 1.82) is 0 Å². The number of ketones is 1. The van der Waals surface area contributed by atoms with E-state index >= 15 is 0 Å². The number of fused-ring (bicyclic) bond motifs is 9. The standard InChI is InChI=1S/C53H54N2O/c1-50(2,3)31-13-21-45-39(25-31)40-26-32(51(4,5)6)14-22-46(40)54(45)35-17-19-37-38-20-18-36(30-44(38)49(56)43(37)29-35)55-47-23-15-33(52(7,8)9)27-41(47)42-28-34(53(10,11)12)16-24-48(42)55/h13-30H,1-12H3. The summed E-state index contributed by atoms with van der Waals surface area (Å²) in [5.74, 6) is 0.0790. The van der Waals surface area contributed by atoms with Crippen LogP contribution in [0.2, 0.25) is 0 Å². The van der Waals surface area contributed by atoms with Gasteiger partial charge in [-0.2, -0.15) is 0 Å². The predicted molar refractivity (Wildman–Crippen MR) is 239 cm³/mol. The second-order valence-electron chi connectivity index (χ2n) is 20.4. The van der Waals surface area contributed by atoms with Gasteiger partial charge in [-0.05, 0) is 128 Å². The van der Waals surface area contributed by atoms with Crippen molar-refractivity contribution >= 4 is 49.4 Å². The minimum absolute atomic E-state index is 0.0266. The van der Waals surface area contributed by atoms with Crippen molar-refractivity contribution < 1.29 is 4.79 Å². The molecule has 0 amide bonds. The highest BCUT2D eigenvalue weighted by atomic mass is 16.1. The van der Waals surface area contributed by atoms with Crippen LogP contribution in [0.4, 0.5) is 0 Å². The summed E-state index contributed by atoms with van der Waals surface area (Å²) in [7, 11) is 0. The van der Waals surface area contributed by atoms with Crippen LogP contribution >= 0.6 is 0 Å². The van der Waals surface area contributed by atoms with E-state index in [1.165, 1.54) is 43.8 Å². The summed E-state index contributed by atoms with van der Waals surface area (Å²) in [5.41, 5.74) is 15.5. The average Bonchev–Trinajstić information content (AvgIpc) is 3.73. The molecule has 0 spiro atoms. The number of aromatic nitrogens is 2. The topological polar surface area (TPSA) is 26.9 Å². The maximum atomic E-state index is 14.6. The molecule has 1 aliphatic rings. The van der Waals surface area contributed by atoms with Crippen molar-refractivity contribution in [2.24, 2.45) is 0 Å². The zero-order valence-corrected chi connectivity index (χ0v) is 35.2. The molecule has 0 saturated carbocycles. The molecule has 6 aromatic carbocycles. The van der Waals surface area contributed by atoms with Gasteiger partial charge in [0.05, 0.1) is 22.1 Å². The van der Waals surface area contributed by atoms with Gasteiger partial charge in [0.25, 0.3) is 0 Å². The lowest BCUT2D eigenvalue weighted by Gasteiger charge is -2.19. The Labute approximate surface area is 332 Å². The number of rotatable bonds is 2. The van der Waals surface area contributed by atoms with E-state index in [9.17, 15) is 4.79 Å². The second kappa shape index (κ2) is 11.8. The maximum absolute atomic E-state index is 14.6. The van der Waals surface area contributed by atoms with Gasteiger partial charge in [0, 0.05) is 44.0 Å². The summed E-state index contributed by atoms with van der Waals surface area (Å²) in [6, 6.07) is 40.6. The number of nitrogens with zero attached hydrogens (tertiary/aromatic N) is 2. The number of hydrogen-bond acceptors (Lipinski definition) is 1. The summed E-state index contributed by atoms with van der Waals surface area (Å²) >= 11 is 0. The summed E-state index contributed by atoms with van der Waals surface area (Å²) in [6.45, 7) is 27.3. The molecule has 0 radical (unpaired) electrons. The first-order chi connectivity index (χ1) is 26.2. The van der Waals surface area contributed by atoms with Gasteiger partial charge in [0.2, 0.25) is 0 Å². The Morgan fingerprint density at radius 1 is 0.321 bits per heavy atom. The highest BCUT2D eigenvalue weighted by molar-refractivity contribution is 6.22. The molecule has 2 heterocycles. The SMILES string of the molecule is CC(C)(C)c1ccc2c(c1)c1cc(C(C)(C)C)ccc1n2-c1ccc2c(c1)C(=O)c1cc(-n3c4ccc(C(C)(C)C)cc4c4cc(C(C)(C)C)ccc43)ccc1-2. The molecule has 0 aliphatic heterocycles. The molecule has 0 atom stereocenters. The minimum Gasteiger partial charge on any atom is -0.309 e. The fourth-order valence-electron chi connectivity index (χ4n) is 8.80. The maximum Gasteiger partial charge on any atom is 0.194 e. The molecule has 0 N–H and O–H groups in total. The van der Waals surface area contributed by atoms with Crippen LogP contribution in [0.3, 0.4) is 0 Å². The van der Waals surface area contributed by atoms with E-state index in [4.69, 9.17) is 0 Å². The molecule has 9 rings (SSSR count). The van der Waals surface area contributed by atoms with Crippen LogP contribution in [0.15, 0.2) is 109 Å². The van der Waals surface area contributed by atoms with E-state index in [-0.39, 0.29) is 27.4 Å². The van der Waals surface area contributed by atoms with Crippen LogP contribution in [0, 0.1) is 0 Å². The molecule has 1 aliphatic carbocycles. The first-order valence-electron chi connectivity index (χ1n) is 20.2. The van der Waals surface area contributed by atoms with Crippen LogP contribution in [0.1, 0.15) is 121 Å². The Balaban J connectivity index is 1.19. The van der Waals surface area contributed by atoms with Gasteiger partial charge < -0.3 is 9.13 Å². The Bertz CT molecular complexity index is 2610. The van der Waals surface area contributed by atoms with Gasteiger partial charge in [-0.3, -0.25) is 4.79 Å². The highest BCUT2D eigenvalue weighted by Crippen LogP contribution is 2.43. The first-order valence-corrected chi connectivity index (χ1v) is 20.2. The Morgan fingerprint density at radius 2 is 0.589 bits per heavy atom. The molecule has 0 bridgehead atoms. The molecule has 56 heavy (non-hydrogen) atoms. The molecule has 282 valence electrons. The molecular weight excluding hydrogens is 681 g/mol. The second-order valence-corrected chi connectivity index (χ2v) is 20.4. The average molecular weight is 735 g/mol. The van der Waals surface area contributed by atoms with E-state index in [1.807, 2.05) is 0 Å². The monoisotopic (exact) mass is 734 g/mol. The third kappa shape index (κ3) is 5.57. The fraction of sp³-hybridized carbons (Fsp3) is 0.302. The summed E-state index contributed by atoms with van der Waals surface area (Å²) in [4.78, 5) is 14.6. The molecule has 8 aromatic rings. The Kier molecular flexibility index (Phi) is 7.64. The van der Waals surface area contributed by atoms with Gasteiger partial charge in [-0.25, -0.2) is 0 Å². The van der Waals surface area contributed by atoms with Crippen LogP contribution in [-0.2, 0) is 21.7 Å². The normalized spacial score (nSPS) is 13.8. The highest BCUT2D eigenvalue weighted by Gasteiger charge is 2.30. The fourth-order valence-corrected chi connectivity index (χ4v) is 8.80. The van der Waals surface area contributed by atoms with Crippen LogP contribution in [0.25, 0.3) is 66.1 Å². The number of carbonyl (C=O) groups excluding carboxylic acids is 1. The van der Waals surface area contributed by atoms with Gasteiger partial charge in [0.1, 0.15) is 0 Å². The lowest BCUT2D eigenvalue weighted by Crippen LogP contribution is -2.10. The number of hydrogen-bond donors (Lipinski definition) is 0. The van der Waals surface area contributed by atoms with Crippen LogP contribution in [0.5, 0.6) is 0 Å². The third-order valence-corrected chi connectivity index (χ3v) is 12.3. The van der Waals surface area contributed by atoms with Crippen molar-refractivity contribution in [2.75, 3.05) is 0 Å². The molecular formula is C53H54N2O. The molecule has 0 saturated heterocycles. The summed E-state index contributed by atoms with van der Waals surface area (Å²) in [5, 5.41) is 4.98. The predicted octanol–water partition coefficient (Wildman–Crippen LogP) is 14.3. The van der Waals surface area contributed by atoms with E-state index in [2.05, 4.69) is 201 Å².